The van der Waals surface area contributed by atoms with Crippen molar-refractivity contribution >= 4 is 23.3 Å². The lowest BCUT2D eigenvalue weighted by atomic mass is 10.0. The first kappa shape index (κ1) is 19.8. The second-order valence-corrected chi connectivity index (χ2v) is 6.38. The summed E-state index contributed by atoms with van der Waals surface area (Å²) in [6.45, 7) is 1.49. The van der Waals surface area contributed by atoms with E-state index in [-0.39, 0.29) is 29.4 Å². The Labute approximate surface area is 167 Å². The van der Waals surface area contributed by atoms with E-state index < -0.39 is 11.9 Å². The number of benzene rings is 3. The van der Waals surface area contributed by atoms with Gasteiger partial charge >= 0.3 is 5.97 Å². The summed E-state index contributed by atoms with van der Waals surface area (Å²) in [6, 6.07) is 20.0. The maximum absolute atomic E-state index is 12.8. The van der Waals surface area contributed by atoms with Gasteiger partial charge in [0, 0.05) is 5.56 Å². The molecule has 2 N–H and O–H groups in total. The number of ether oxygens (including phenoxy) is 1. The third-order valence-electron chi connectivity index (χ3n) is 4.21. The Bertz CT molecular complexity index is 1060. The summed E-state index contributed by atoms with van der Waals surface area (Å²) >= 11 is 0. The number of carbonyl (C=O) groups is 3. The summed E-state index contributed by atoms with van der Waals surface area (Å²) in [6.07, 6.45) is 0. The maximum atomic E-state index is 12.8. The van der Waals surface area contributed by atoms with Gasteiger partial charge in [0.1, 0.15) is 5.75 Å². The standard InChI is InChI=1S/C23H19NO5/c1-15-11-12-20(18(13-15)22(26)16-7-3-2-4-8-16)29-14-21(25)24-19-10-6-5-9-17(19)23(27)28/h2-13H,14H2,1H3,(H,24,25)(H,27,28). The Balaban J connectivity index is 1.75. The zero-order chi connectivity index (χ0) is 20.8. The Morgan fingerprint density at radius 1 is 0.897 bits per heavy atom. The Morgan fingerprint density at radius 2 is 1.59 bits per heavy atom. The highest BCUT2D eigenvalue weighted by Gasteiger charge is 2.17. The van der Waals surface area contributed by atoms with Gasteiger partial charge in [-0.15, -0.1) is 0 Å². The normalized spacial score (nSPS) is 10.2. The molecule has 29 heavy (non-hydrogen) atoms. The minimum Gasteiger partial charge on any atom is -0.483 e. The third kappa shape index (κ3) is 4.87. The van der Waals surface area contributed by atoms with Crippen molar-refractivity contribution in [2.75, 3.05) is 11.9 Å². The Kier molecular flexibility index (Phi) is 6.04. The number of nitrogens with one attached hydrogen (secondary N) is 1. The largest absolute Gasteiger partial charge is 0.483 e. The van der Waals surface area contributed by atoms with Gasteiger partial charge < -0.3 is 15.2 Å². The van der Waals surface area contributed by atoms with Gasteiger partial charge in [-0.2, -0.15) is 0 Å². The Morgan fingerprint density at radius 3 is 2.31 bits per heavy atom. The van der Waals surface area contributed by atoms with E-state index in [0.717, 1.165) is 5.56 Å². The van der Waals surface area contributed by atoms with Gasteiger partial charge in [-0.3, -0.25) is 9.59 Å². The molecule has 1 amide bonds. The average Bonchev–Trinajstić information content (AvgIpc) is 2.73. The average molecular weight is 389 g/mol. The number of para-hydroxylation sites is 1. The number of aryl methyl sites for hydroxylation is 1. The third-order valence-corrected chi connectivity index (χ3v) is 4.21. The molecule has 0 aliphatic carbocycles. The minimum absolute atomic E-state index is 0.0175. The van der Waals surface area contributed by atoms with E-state index in [1.54, 1.807) is 54.6 Å². The van der Waals surface area contributed by atoms with Crippen LogP contribution in [0.5, 0.6) is 5.75 Å². The molecule has 6 nitrogen and oxygen atoms in total. The first-order valence-electron chi connectivity index (χ1n) is 8.91. The van der Waals surface area contributed by atoms with Crippen LogP contribution in [0.15, 0.2) is 72.8 Å². The highest BCUT2D eigenvalue weighted by molar-refractivity contribution is 6.11. The van der Waals surface area contributed by atoms with Crippen LogP contribution in [0.2, 0.25) is 0 Å². The van der Waals surface area contributed by atoms with Crippen LogP contribution in [0.4, 0.5) is 5.69 Å². The molecular formula is C23H19NO5. The lowest BCUT2D eigenvalue weighted by molar-refractivity contribution is -0.118. The number of aromatic carboxylic acids is 1. The Hall–Kier alpha value is -3.93. The number of carboxylic acids is 1. The maximum Gasteiger partial charge on any atom is 0.337 e. The van der Waals surface area contributed by atoms with Gasteiger partial charge in [0.15, 0.2) is 12.4 Å². The second-order valence-electron chi connectivity index (χ2n) is 6.38. The molecule has 0 aliphatic rings. The number of anilines is 1. The molecule has 0 aromatic heterocycles. The van der Waals surface area contributed by atoms with E-state index in [1.807, 2.05) is 13.0 Å². The van der Waals surface area contributed by atoms with Crippen molar-refractivity contribution in [1.82, 2.24) is 0 Å². The van der Waals surface area contributed by atoms with E-state index >= 15 is 0 Å². The van der Waals surface area contributed by atoms with Crippen LogP contribution in [0.3, 0.4) is 0 Å². The molecule has 3 rings (SSSR count). The first-order valence-corrected chi connectivity index (χ1v) is 8.91. The van der Waals surface area contributed by atoms with Crippen LogP contribution in [-0.4, -0.2) is 29.4 Å². The van der Waals surface area contributed by atoms with Crippen LogP contribution in [0.1, 0.15) is 31.8 Å². The first-order chi connectivity index (χ1) is 14.0. The van der Waals surface area contributed by atoms with Gasteiger partial charge in [0.2, 0.25) is 0 Å². The molecule has 0 spiro atoms. The number of carbonyl (C=O) groups excluding carboxylic acids is 2. The topological polar surface area (TPSA) is 92.7 Å². The second kappa shape index (κ2) is 8.84. The van der Waals surface area contributed by atoms with E-state index in [1.165, 1.54) is 12.1 Å². The molecule has 0 heterocycles. The zero-order valence-corrected chi connectivity index (χ0v) is 15.7. The van der Waals surface area contributed by atoms with Crippen molar-refractivity contribution in [2.24, 2.45) is 0 Å². The van der Waals surface area contributed by atoms with Crippen LogP contribution in [-0.2, 0) is 4.79 Å². The number of hydrogen-bond acceptors (Lipinski definition) is 4. The molecule has 0 saturated carbocycles. The molecule has 0 saturated heterocycles. The summed E-state index contributed by atoms with van der Waals surface area (Å²) in [5.74, 6) is -1.60. The lowest BCUT2D eigenvalue weighted by Crippen LogP contribution is -2.22. The number of carboxylic acid groups (broad SMARTS) is 1. The van der Waals surface area contributed by atoms with Crippen molar-refractivity contribution in [1.29, 1.82) is 0 Å². The fraction of sp³-hybridized carbons (Fsp3) is 0.0870. The fourth-order valence-corrected chi connectivity index (χ4v) is 2.80. The minimum atomic E-state index is -1.14. The van der Waals surface area contributed by atoms with Gasteiger partial charge in [0.05, 0.1) is 16.8 Å². The predicted octanol–water partition coefficient (Wildman–Crippen LogP) is 3.94. The predicted molar refractivity (Wildman–Crippen MR) is 109 cm³/mol. The van der Waals surface area contributed by atoms with Crippen molar-refractivity contribution in [2.45, 2.75) is 6.92 Å². The van der Waals surface area contributed by atoms with Gasteiger partial charge in [-0.1, -0.05) is 54.1 Å². The smallest absolute Gasteiger partial charge is 0.337 e. The summed E-state index contributed by atoms with van der Waals surface area (Å²) in [4.78, 5) is 36.3. The van der Waals surface area contributed by atoms with Crippen molar-refractivity contribution < 1.29 is 24.2 Å². The van der Waals surface area contributed by atoms with E-state index in [9.17, 15) is 19.5 Å². The monoisotopic (exact) mass is 389 g/mol. The van der Waals surface area contributed by atoms with Gasteiger partial charge in [-0.25, -0.2) is 4.79 Å². The molecule has 0 unspecified atom stereocenters. The highest BCUT2D eigenvalue weighted by atomic mass is 16.5. The van der Waals surface area contributed by atoms with E-state index in [0.29, 0.717) is 11.1 Å². The molecule has 146 valence electrons. The van der Waals surface area contributed by atoms with E-state index in [4.69, 9.17) is 4.74 Å². The number of amides is 1. The SMILES string of the molecule is Cc1ccc(OCC(=O)Nc2ccccc2C(=O)O)c(C(=O)c2ccccc2)c1. The van der Waals surface area contributed by atoms with Crippen LogP contribution < -0.4 is 10.1 Å². The van der Waals surface area contributed by atoms with Gasteiger partial charge in [-0.05, 0) is 31.2 Å². The molecule has 3 aromatic rings. The molecule has 0 radical (unpaired) electrons. The van der Waals surface area contributed by atoms with Crippen LogP contribution >= 0.6 is 0 Å². The van der Waals surface area contributed by atoms with Crippen LogP contribution in [0.25, 0.3) is 0 Å². The molecule has 3 aromatic carbocycles. The molecular weight excluding hydrogens is 370 g/mol. The molecule has 0 aliphatic heterocycles. The summed E-state index contributed by atoms with van der Waals surface area (Å²) in [5.41, 5.74) is 1.92. The lowest BCUT2D eigenvalue weighted by Gasteiger charge is -2.13. The summed E-state index contributed by atoms with van der Waals surface area (Å²) in [7, 11) is 0. The molecule has 0 fully saturated rings. The van der Waals surface area contributed by atoms with Gasteiger partial charge in [0.25, 0.3) is 5.91 Å². The van der Waals surface area contributed by atoms with Crippen molar-refractivity contribution in [3.63, 3.8) is 0 Å². The van der Waals surface area contributed by atoms with Crippen molar-refractivity contribution in [3.8, 4) is 5.75 Å². The highest BCUT2D eigenvalue weighted by Crippen LogP contribution is 2.23. The number of hydrogen-bond donors (Lipinski definition) is 2. The van der Waals surface area contributed by atoms with Crippen molar-refractivity contribution in [3.05, 3.63) is 95.1 Å². The zero-order valence-electron chi connectivity index (χ0n) is 15.7. The summed E-state index contributed by atoms with van der Waals surface area (Å²) in [5, 5.41) is 11.7. The van der Waals surface area contributed by atoms with Crippen LogP contribution in [0, 0.1) is 6.92 Å². The molecule has 0 atom stereocenters. The van der Waals surface area contributed by atoms with E-state index in [2.05, 4.69) is 5.32 Å². The number of ketones is 1. The summed E-state index contributed by atoms with van der Waals surface area (Å²) < 4.78 is 5.59. The molecule has 0 bridgehead atoms. The fourth-order valence-electron chi connectivity index (χ4n) is 2.80. The molecule has 6 heteroatoms. The quantitative estimate of drug-likeness (QED) is 0.597. The number of rotatable bonds is 7.